The van der Waals surface area contributed by atoms with Crippen molar-refractivity contribution in [2.45, 2.75) is 38.5 Å². The lowest BCUT2D eigenvalue weighted by Crippen LogP contribution is -2.52. The average molecular weight is 385 g/mol. The van der Waals surface area contributed by atoms with E-state index in [4.69, 9.17) is 0 Å². The summed E-state index contributed by atoms with van der Waals surface area (Å²) in [6, 6.07) is 20.2. The lowest BCUT2D eigenvalue weighted by molar-refractivity contribution is -0.146. The molecule has 148 valence electrons. The van der Waals surface area contributed by atoms with Crippen LogP contribution in [0.25, 0.3) is 6.08 Å². The van der Waals surface area contributed by atoms with Gasteiger partial charge in [0, 0.05) is 5.56 Å². The molecular weight excluding hydrogens is 356 g/mol. The number of benzene rings is 2. The third-order valence-electron chi connectivity index (χ3n) is 7.10. The minimum Gasteiger partial charge on any atom is -0.273 e. The summed E-state index contributed by atoms with van der Waals surface area (Å²) in [6.07, 6.45) is 11.2. The van der Waals surface area contributed by atoms with Gasteiger partial charge in [-0.1, -0.05) is 66.7 Å². The molecule has 4 aliphatic carbocycles. The van der Waals surface area contributed by atoms with Crippen molar-refractivity contribution in [2.24, 2.45) is 28.3 Å². The molecule has 0 radical (unpaired) electrons. The normalized spacial score (nSPS) is 30.6. The lowest BCUT2D eigenvalue weighted by atomic mass is 9.49. The summed E-state index contributed by atoms with van der Waals surface area (Å²) in [7, 11) is 0. The maximum atomic E-state index is 13.3. The van der Waals surface area contributed by atoms with Crippen LogP contribution in [-0.2, 0) is 4.79 Å². The van der Waals surface area contributed by atoms with Crippen LogP contribution in [0.1, 0.15) is 49.7 Å². The van der Waals surface area contributed by atoms with E-state index in [2.05, 4.69) is 22.7 Å². The molecule has 3 heteroatoms. The first-order valence-electron chi connectivity index (χ1n) is 10.9. The molecular formula is C26H28N2O. The van der Waals surface area contributed by atoms with Crippen LogP contribution in [0.4, 0.5) is 0 Å². The van der Waals surface area contributed by atoms with Gasteiger partial charge in [0.15, 0.2) is 0 Å². The van der Waals surface area contributed by atoms with Crippen LogP contribution in [-0.4, -0.2) is 11.6 Å². The average Bonchev–Trinajstić information content (AvgIpc) is 2.74. The van der Waals surface area contributed by atoms with Crippen LogP contribution in [0.5, 0.6) is 0 Å². The van der Waals surface area contributed by atoms with E-state index in [0.29, 0.717) is 0 Å². The van der Waals surface area contributed by atoms with Crippen molar-refractivity contribution in [3.63, 3.8) is 0 Å². The highest BCUT2D eigenvalue weighted by molar-refractivity contribution is 6.11. The van der Waals surface area contributed by atoms with Crippen molar-refractivity contribution < 1.29 is 4.79 Å². The molecule has 4 saturated carbocycles. The van der Waals surface area contributed by atoms with Gasteiger partial charge in [0.1, 0.15) is 0 Å². The van der Waals surface area contributed by atoms with Crippen molar-refractivity contribution in [2.75, 3.05) is 0 Å². The van der Waals surface area contributed by atoms with Gasteiger partial charge >= 0.3 is 0 Å². The molecule has 0 saturated heterocycles. The summed E-state index contributed by atoms with van der Waals surface area (Å²) in [5.74, 6) is 2.39. The summed E-state index contributed by atoms with van der Waals surface area (Å²) in [5.41, 5.74) is 5.70. The lowest BCUT2D eigenvalue weighted by Gasteiger charge is -2.55. The van der Waals surface area contributed by atoms with E-state index in [1.54, 1.807) is 0 Å². The van der Waals surface area contributed by atoms with E-state index >= 15 is 0 Å². The highest BCUT2D eigenvalue weighted by Crippen LogP contribution is 2.60. The number of amides is 1. The predicted octanol–water partition coefficient (Wildman–Crippen LogP) is 5.44. The fraction of sp³-hybridized carbons (Fsp3) is 0.385. The molecule has 2 aromatic carbocycles. The Labute approximate surface area is 172 Å². The number of hydrogen-bond donors (Lipinski definition) is 1. The van der Waals surface area contributed by atoms with Crippen LogP contribution >= 0.6 is 0 Å². The third kappa shape index (κ3) is 3.78. The second-order valence-electron chi connectivity index (χ2n) is 9.25. The monoisotopic (exact) mass is 384 g/mol. The van der Waals surface area contributed by atoms with Gasteiger partial charge in [-0.3, -0.25) is 4.79 Å². The molecule has 4 bridgehead atoms. The highest BCUT2D eigenvalue weighted by atomic mass is 16.2. The van der Waals surface area contributed by atoms with Gasteiger partial charge in [0.2, 0.25) is 5.91 Å². The van der Waals surface area contributed by atoms with E-state index < -0.39 is 0 Å². The van der Waals surface area contributed by atoms with Gasteiger partial charge in [-0.25, -0.2) is 5.43 Å². The first-order chi connectivity index (χ1) is 14.2. The van der Waals surface area contributed by atoms with Gasteiger partial charge in [0.25, 0.3) is 0 Å². The number of hydrazone groups is 1. The van der Waals surface area contributed by atoms with Crippen LogP contribution < -0.4 is 5.43 Å². The van der Waals surface area contributed by atoms with Crippen molar-refractivity contribution in [3.05, 3.63) is 77.9 Å². The number of allylic oxidation sites excluding steroid dienone is 1. The van der Waals surface area contributed by atoms with Gasteiger partial charge < -0.3 is 0 Å². The molecule has 4 aliphatic rings. The maximum Gasteiger partial charge on any atom is 0.246 e. The van der Waals surface area contributed by atoms with Gasteiger partial charge in [-0.05, 0) is 67.9 Å². The smallest absolute Gasteiger partial charge is 0.246 e. The number of nitrogens with one attached hydrogen (secondary N) is 1. The predicted molar refractivity (Wildman–Crippen MR) is 117 cm³/mol. The molecule has 3 nitrogen and oxygen atoms in total. The number of rotatable bonds is 5. The SMILES string of the molecule is O=C(N/N=C(/C=C/c1ccccc1)c1ccccc1)C12CC3CC(CC(C3)C1)C2. The minimum atomic E-state index is -0.177. The molecule has 0 unspecified atom stereocenters. The molecule has 29 heavy (non-hydrogen) atoms. The van der Waals surface area contributed by atoms with Gasteiger partial charge in [-0.2, -0.15) is 5.10 Å². The summed E-state index contributed by atoms with van der Waals surface area (Å²) >= 11 is 0. The second-order valence-corrected chi connectivity index (χ2v) is 9.25. The molecule has 0 heterocycles. The Hall–Kier alpha value is -2.68. The first kappa shape index (κ1) is 18.4. The highest BCUT2D eigenvalue weighted by Gasteiger charge is 2.54. The standard InChI is InChI=1S/C26H28N2O/c29-25(26-16-20-13-21(17-26)15-22(14-20)18-26)28-27-24(23-9-5-2-6-10-23)12-11-19-7-3-1-4-8-19/h1-12,20-22H,13-18H2,(H,28,29)/b12-11+,27-24-. The summed E-state index contributed by atoms with van der Waals surface area (Å²) in [5, 5.41) is 4.60. The quantitative estimate of drug-likeness (QED) is 0.541. The Morgan fingerprint density at radius 1 is 0.862 bits per heavy atom. The third-order valence-corrected chi connectivity index (χ3v) is 7.10. The number of hydrogen-bond acceptors (Lipinski definition) is 2. The summed E-state index contributed by atoms with van der Waals surface area (Å²) < 4.78 is 0. The Bertz CT molecular complexity index is 894. The fourth-order valence-electron chi connectivity index (χ4n) is 6.16. The zero-order valence-corrected chi connectivity index (χ0v) is 16.8. The Balaban J connectivity index is 1.38. The number of carbonyl (C=O) groups is 1. The zero-order chi connectivity index (χ0) is 19.7. The maximum absolute atomic E-state index is 13.3. The fourth-order valence-corrected chi connectivity index (χ4v) is 6.16. The van der Waals surface area contributed by atoms with E-state index in [1.807, 2.05) is 60.7 Å². The molecule has 4 fully saturated rings. The van der Waals surface area contributed by atoms with Crippen molar-refractivity contribution >= 4 is 17.7 Å². The minimum absolute atomic E-state index is 0.137. The van der Waals surface area contributed by atoms with E-state index in [1.165, 1.54) is 19.3 Å². The van der Waals surface area contributed by atoms with E-state index in [0.717, 1.165) is 53.9 Å². The topological polar surface area (TPSA) is 41.5 Å². The van der Waals surface area contributed by atoms with Gasteiger partial charge in [-0.15, -0.1) is 0 Å². The van der Waals surface area contributed by atoms with E-state index in [-0.39, 0.29) is 11.3 Å². The Kier molecular flexibility index (Phi) is 4.83. The molecule has 0 atom stereocenters. The molecule has 2 aromatic rings. The molecule has 0 aromatic heterocycles. The van der Waals surface area contributed by atoms with Crippen LogP contribution in [0, 0.1) is 23.2 Å². The van der Waals surface area contributed by atoms with E-state index in [9.17, 15) is 4.79 Å². The number of carbonyl (C=O) groups excluding carboxylic acids is 1. The summed E-state index contributed by atoms with van der Waals surface area (Å²) in [4.78, 5) is 13.3. The van der Waals surface area contributed by atoms with Crippen molar-refractivity contribution in [1.29, 1.82) is 0 Å². The molecule has 6 rings (SSSR count). The Morgan fingerprint density at radius 3 is 2.00 bits per heavy atom. The van der Waals surface area contributed by atoms with Crippen LogP contribution in [0.2, 0.25) is 0 Å². The second kappa shape index (κ2) is 7.62. The van der Waals surface area contributed by atoms with Crippen molar-refractivity contribution in [1.82, 2.24) is 5.43 Å². The van der Waals surface area contributed by atoms with Crippen LogP contribution in [0.3, 0.4) is 0 Å². The van der Waals surface area contributed by atoms with Crippen LogP contribution in [0.15, 0.2) is 71.8 Å². The molecule has 1 N–H and O–H groups in total. The Morgan fingerprint density at radius 2 is 1.41 bits per heavy atom. The number of nitrogens with zero attached hydrogens (tertiary/aromatic N) is 1. The zero-order valence-electron chi connectivity index (χ0n) is 16.8. The molecule has 1 amide bonds. The largest absolute Gasteiger partial charge is 0.273 e. The van der Waals surface area contributed by atoms with Crippen molar-refractivity contribution in [3.8, 4) is 0 Å². The summed E-state index contributed by atoms with van der Waals surface area (Å²) in [6.45, 7) is 0. The molecule has 0 aliphatic heterocycles. The first-order valence-corrected chi connectivity index (χ1v) is 10.9. The molecule has 0 spiro atoms. The van der Waals surface area contributed by atoms with Gasteiger partial charge in [0.05, 0.1) is 11.1 Å².